The zero-order valence-electron chi connectivity index (χ0n) is 6.59. The summed E-state index contributed by atoms with van der Waals surface area (Å²) in [6.45, 7) is 7.08. The van der Waals surface area contributed by atoms with E-state index in [0.717, 1.165) is 0 Å². The van der Waals surface area contributed by atoms with Crippen molar-refractivity contribution in [1.82, 2.24) is 10.6 Å². The summed E-state index contributed by atoms with van der Waals surface area (Å²) < 4.78 is 0. The van der Waals surface area contributed by atoms with E-state index in [-0.39, 0.29) is 11.8 Å². The molecule has 2 N–H and O–H groups in total. The third-order valence-corrected chi connectivity index (χ3v) is 1.65. The number of nitrogens with one attached hydrogen (secondary N) is 2. The third-order valence-electron chi connectivity index (χ3n) is 1.65. The van der Waals surface area contributed by atoms with Gasteiger partial charge in [-0.25, -0.2) is 4.79 Å². The van der Waals surface area contributed by atoms with E-state index in [2.05, 4.69) is 23.8 Å². The molecule has 0 aliphatic carbocycles. The molecule has 1 heterocycles. The Morgan fingerprint density at radius 3 is 2.58 bits per heavy atom. The number of allylic oxidation sites excluding steroid dienone is 1. The van der Waals surface area contributed by atoms with E-state index in [0.29, 0.717) is 12.1 Å². The Bertz CT molecular complexity index is 238. The van der Waals surface area contributed by atoms with Gasteiger partial charge >= 0.3 is 6.03 Å². The molecule has 0 aromatic carbocycles. The summed E-state index contributed by atoms with van der Waals surface area (Å²) in [5.41, 5.74) is 0.434. The molecule has 0 radical (unpaired) electrons. The van der Waals surface area contributed by atoms with Crippen LogP contribution < -0.4 is 10.6 Å². The Kier molecular flexibility index (Phi) is 2.28. The second kappa shape index (κ2) is 3.21. The predicted octanol–water partition coefficient (Wildman–Crippen LogP) is 0.532. The Balaban J connectivity index is 2.73. The summed E-state index contributed by atoms with van der Waals surface area (Å²) in [5.74, 6) is -0.691. The smallest absolute Gasteiger partial charge is 0.311 e. The third kappa shape index (κ3) is 1.53. The van der Waals surface area contributed by atoms with Crippen molar-refractivity contribution in [2.24, 2.45) is 5.92 Å². The van der Waals surface area contributed by atoms with Gasteiger partial charge in [0.1, 0.15) is 0 Å². The first-order chi connectivity index (χ1) is 5.65. The van der Waals surface area contributed by atoms with Crippen molar-refractivity contribution in [3.8, 4) is 0 Å². The Labute approximate surface area is 70.3 Å². The average molecular weight is 166 g/mol. The van der Waals surface area contributed by atoms with Crippen molar-refractivity contribution in [2.45, 2.75) is 6.42 Å². The van der Waals surface area contributed by atoms with E-state index in [1.807, 2.05) is 0 Å². The van der Waals surface area contributed by atoms with E-state index in [1.54, 1.807) is 6.08 Å². The lowest BCUT2D eigenvalue weighted by molar-refractivity contribution is -0.123. The molecule has 12 heavy (non-hydrogen) atoms. The minimum absolute atomic E-state index is 0.316. The predicted molar refractivity (Wildman–Crippen MR) is 44.1 cm³/mol. The molecule has 1 saturated heterocycles. The fourth-order valence-corrected chi connectivity index (χ4v) is 1.04. The molecule has 1 fully saturated rings. The largest absolute Gasteiger partial charge is 0.325 e. The van der Waals surface area contributed by atoms with Gasteiger partial charge in [0.25, 0.3) is 0 Å². The van der Waals surface area contributed by atoms with Gasteiger partial charge in [0.2, 0.25) is 5.91 Å². The van der Waals surface area contributed by atoms with Crippen LogP contribution in [0.25, 0.3) is 0 Å². The highest BCUT2D eigenvalue weighted by molar-refractivity contribution is 6.00. The number of rotatable bonds is 2. The topological polar surface area (TPSA) is 58.2 Å². The normalized spacial score (nSPS) is 23.0. The highest BCUT2D eigenvalue weighted by Crippen LogP contribution is 2.14. The molecule has 0 aromatic heterocycles. The van der Waals surface area contributed by atoms with Gasteiger partial charge in [0, 0.05) is 5.70 Å². The molecule has 1 rings (SSSR count). The van der Waals surface area contributed by atoms with Crippen LogP contribution in [0.5, 0.6) is 0 Å². The molecular weight excluding hydrogens is 156 g/mol. The van der Waals surface area contributed by atoms with Crippen molar-refractivity contribution in [2.75, 3.05) is 0 Å². The second-order valence-electron chi connectivity index (χ2n) is 2.55. The van der Waals surface area contributed by atoms with Crippen molar-refractivity contribution in [3.63, 3.8) is 0 Å². The molecule has 1 aliphatic heterocycles. The number of hydrogen-bond donors (Lipinski definition) is 2. The van der Waals surface area contributed by atoms with Crippen LogP contribution in [0.3, 0.4) is 0 Å². The fraction of sp³-hybridized carbons (Fsp3) is 0.250. The van der Waals surface area contributed by atoms with Gasteiger partial charge in [-0.3, -0.25) is 10.1 Å². The first-order valence-corrected chi connectivity index (χ1v) is 3.56. The van der Waals surface area contributed by atoms with Crippen LogP contribution in [0.2, 0.25) is 0 Å². The van der Waals surface area contributed by atoms with Crippen LogP contribution >= 0.6 is 0 Å². The van der Waals surface area contributed by atoms with Crippen LogP contribution in [-0.2, 0) is 4.79 Å². The molecule has 4 heteroatoms. The summed E-state index contributed by atoms with van der Waals surface area (Å²) in [4.78, 5) is 21.8. The summed E-state index contributed by atoms with van der Waals surface area (Å²) in [7, 11) is 0. The van der Waals surface area contributed by atoms with E-state index in [9.17, 15) is 9.59 Å². The monoisotopic (exact) mass is 166 g/mol. The van der Waals surface area contributed by atoms with Crippen molar-refractivity contribution in [3.05, 3.63) is 24.9 Å². The van der Waals surface area contributed by atoms with Gasteiger partial charge in [-0.15, -0.1) is 6.58 Å². The number of hydrogen-bond acceptors (Lipinski definition) is 2. The van der Waals surface area contributed by atoms with Gasteiger partial charge in [-0.2, -0.15) is 0 Å². The second-order valence-corrected chi connectivity index (χ2v) is 2.55. The molecule has 0 saturated carbocycles. The summed E-state index contributed by atoms with van der Waals surface area (Å²) >= 11 is 0. The van der Waals surface area contributed by atoms with Gasteiger partial charge in [-0.1, -0.05) is 12.7 Å². The molecule has 4 nitrogen and oxygen atoms in total. The maximum Gasteiger partial charge on any atom is 0.325 e. The van der Waals surface area contributed by atoms with E-state index in [4.69, 9.17) is 0 Å². The molecule has 64 valence electrons. The maximum atomic E-state index is 11.1. The van der Waals surface area contributed by atoms with Crippen LogP contribution in [0.4, 0.5) is 4.79 Å². The zero-order chi connectivity index (χ0) is 9.14. The minimum Gasteiger partial charge on any atom is -0.311 e. The summed E-state index contributed by atoms with van der Waals surface area (Å²) in [5, 5.41) is 4.58. The van der Waals surface area contributed by atoms with Crippen molar-refractivity contribution >= 4 is 11.9 Å². The average Bonchev–Trinajstić information content (AvgIpc) is 1.96. The lowest BCUT2D eigenvalue weighted by Crippen LogP contribution is -2.50. The lowest BCUT2D eigenvalue weighted by Gasteiger charge is -2.23. The zero-order valence-corrected chi connectivity index (χ0v) is 6.59. The molecular formula is C8H10N2O2. The number of carbonyl (C=O) groups excluding carboxylic acids is 2. The molecule has 1 atom stereocenters. The number of amides is 3. The molecule has 3 amide bonds. The van der Waals surface area contributed by atoms with Crippen LogP contribution in [0, 0.1) is 5.92 Å². The minimum atomic E-state index is -0.509. The van der Waals surface area contributed by atoms with E-state index >= 15 is 0 Å². The highest BCUT2D eigenvalue weighted by Gasteiger charge is 2.27. The number of urea groups is 1. The Morgan fingerprint density at radius 1 is 1.42 bits per heavy atom. The standard InChI is InChI=1S/C8H10N2O2/c1-3-4-6-5(2)9-8(12)10-7(6)11/h3,6H,1-2,4H2,(H2,9,10,11,12). The Hall–Kier alpha value is -1.58. The Morgan fingerprint density at radius 2 is 2.08 bits per heavy atom. The van der Waals surface area contributed by atoms with Crippen LogP contribution in [0.1, 0.15) is 6.42 Å². The molecule has 1 unspecified atom stereocenters. The maximum absolute atomic E-state index is 11.1. The van der Waals surface area contributed by atoms with Gasteiger partial charge in [-0.05, 0) is 6.42 Å². The lowest BCUT2D eigenvalue weighted by atomic mass is 10.00. The highest BCUT2D eigenvalue weighted by atomic mass is 16.2. The molecule has 0 spiro atoms. The van der Waals surface area contributed by atoms with E-state index in [1.165, 1.54) is 0 Å². The van der Waals surface area contributed by atoms with E-state index < -0.39 is 6.03 Å². The van der Waals surface area contributed by atoms with Crippen molar-refractivity contribution < 1.29 is 9.59 Å². The molecule has 0 aromatic rings. The summed E-state index contributed by atoms with van der Waals surface area (Å²) in [6.07, 6.45) is 2.11. The molecule has 1 aliphatic rings. The summed E-state index contributed by atoms with van der Waals surface area (Å²) in [6, 6.07) is -0.509. The SMILES string of the molecule is C=CCC1C(=C)NC(=O)NC1=O. The van der Waals surface area contributed by atoms with Gasteiger partial charge in [0.05, 0.1) is 5.92 Å². The van der Waals surface area contributed by atoms with Crippen molar-refractivity contribution in [1.29, 1.82) is 0 Å². The fourth-order valence-electron chi connectivity index (χ4n) is 1.04. The van der Waals surface area contributed by atoms with Crippen LogP contribution in [-0.4, -0.2) is 11.9 Å². The first-order valence-electron chi connectivity index (χ1n) is 3.56. The van der Waals surface area contributed by atoms with Gasteiger partial charge in [0.15, 0.2) is 0 Å². The number of imide groups is 1. The number of carbonyl (C=O) groups is 2. The van der Waals surface area contributed by atoms with Gasteiger partial charge < -0.3 is 5.32 Å². The molecule has 0 bridgehead atoms. The quantitative estimate of drug-likeness (QED) is 0.588. The van der Waals surface area contributed by atoms with Crippen LogP contribution in [0.15, 0.2) is 24.9 Å². The first kappa shape index (κ1) is 8.52.